The Morgan fingerprint density at radius 3 is 2.32 bits per heavy atom. The fourth-order valence-electron chi connectivity index (χ4n) is 9.16. The fourth-order valence-corrected chi connectivity index (χ4v) is 9.16. The van der Waals surface area contributed by atoms with Crippen molar-refractivity contribution in [2.45, 2.75) is 118 Å². The van der Waals surface area contributed by atoms with Gasteiger partial charge in [-0.05, 0) is 110 Å². The van der Waals surface area contributed by atoms with Crippen molar-refractivity contribution >= 4 is 0 Å². The van der Waals surface area contributed by atoms with E-state index in [1.807, 2.05) is 0 Å². The highest BCUT2D eigenvalue weighted by molar-refractivity contribution is 5.09. The first-order valence-electron chi connectivity index (χ1n) is 13.0. The van der Waals surface area contributed by atoms with Gasteiger partial charge in [0.2, 0.25) is 0 Å². The van der Waals surface area contributed by atoms with Gasteiger partial charge in [0.15, 0.2) is 0 Å². The molecule has 28 heavy (non-hydrogen) atoms. The normalized spacial score (nSPS) is 50.4. The van der Waals surface area contributed by atoms with Gasteiger partial charge in [-0.3, -0.25) is 0 Å². The Labute approximate surface area is 175 Å². The summed E-state index contributed by atoms with van der Waals surface area (Å²) in [6, 6.07) is 0. The third-order valence-corrected chi connectivity index (χ3v) is 11.2. The van der Waals surface area contributed by atoms with Crippen LogP contribution in [0.5, 0.6) is 0 Å². The maximum Gasteiger partial charge on any atom is 0.0543 e. The molecule has 4 aliphatic rings. The van der Waals surface area contributed by atoms with Crippen molar-refractivity contribution in [3.05, 3.63) is 0 Å². The third-order valence-electron chi connectivity index (χ3n) is 11.2. The number of hydrogen-bond donors (Lipinski definition) is 1. The van der Waals surface area contributed by atoms with E-state index in [2.05, 4.69) is 34.6 Å². The zero-order chi connectivity index (χ0) is 20.1. The van der Waals surface area contributed by atoms with Crippen molar-refractivity contribution in [2.24, 2.45) is 52.3 Å². The summed E-state index contributed by atoms with van der Waals surface area (Å²) in [5, 5.41) is 10.3. The molecule has 162 valence electrons. The molecule has 0 bridgehead atoms. The number of aliphatic hydroxyl groups excluding tert-OH is 1. The summed E-state index contributed by atoms with van der Waals surface area (Å²) in [6.07, 6.45) is 16.5. The van der Waals surface area contributed by atoms with Crippen LogP contribution in [0.1, 0.15) is 112 Å². The van der Waals surface area contributed by atoms with E-state index in [4.69, 9.17) is 0 Å². The maximum atomic E-state index is 10.3. The molecule has 0 heterocycles. The van der Waals surface area contributed by atoms with E-state index in [0.29, 0.717) is 10.8 Å². The topological polar surface area (TPSA) is 20.2 Å². The van der Waals surface area contributed by atoms with E-state index in [1.54, 1.807) is 0 Å². The minimum atomic E-state index is -0.00861. The number of fused-ring (bicyclic) bond motifs is 5. The van der Waals surface area contributed by atoms with Gasteiger partial charge in [0.05, 0.1) is 6.10 Å². The summed E-state index contributed by atoms with van der Waals surface area (Å²) < 4.78 is 0. The maximum absolute atomic E-state index is 10.3. The SMILES string of the molecule is CCC(C)CCC(C)C1CCC2C3CCC4CC(O)CCC4(C)C3CCC12C. The van der Waals surface area contributed by atoms with Crippen molar-refractivity contribution in [3.63, 3.8) is 0 Å². The standard InChI is InChI=1S/C27H48O/c1-6-18(2)7-8-19(3)23-11-12-24-22-10-9-20-17-21(28)13-15-26(20,4)25(22)14-16-27(23,24)5/h18-25,28H,6-17H2,1-5H3. The van der Waals surface area contributed by atoms with Gasteiger partial charge >= 0.3 is 0 Å². The van der Waals surface area contributed by atoms with Gasteiger partial charge in [0.1, 0.15) is 0 Å². The molecule has 4 fully saturated rings. The van der Waals surface area contributed by atoms with Gasteiger partial charge < -0.3 is 5.11 Å². The highest BCUT2D eigenvalue weighted by Gasteiger charge is 2.60. The molecule has 0 aromatic heterocycles. The molecule has 4 rings (SSSR count). The van der Waals surface area contributed by atoms with Crippen LogP contribution in [-0.2, 0) is 0 Å². The molecule has 4 aliphatic carbocycles. The Balaban J connectivity index is 1.47. The largest absolute Gasteiger partial charge is 0.393 e. The van der Waals surface area contributed by atoms with Crippen molar-refractivity contribution in [1.82, 2.24) is 0 Å². The first-order valence-corrected chi connectivity index (χ1v) is 13.0. The molecular formula is C27H48O. The second-order valence-electron chi connectivity index (χ2n) is 12.4. The zero-order valence-electron chi connectivity index (χ0n) is 19.6. The van der Waals surface area contributed by atoms with Crippen molar-refractivity contribution in [2.75, 3.05) is 0 Å². The summed E-state index contributed by atoms with van der Waals surface area (Å²) in [5.41, 5.74) is 1.15. The van der Waals surface area contributed by atoms with E-state index < -0.39 is 0 Å². The van der Waals surface area contributed by atoms with Crippen LogP contribution < -0.4 is 0 Å². The van der Waals surface area contributed by atoms with Gasteiger partial charge in [0, 0.05) is 0 Å². The quantitative estimate of drug-likeness (QED) is 0.518. The molecule has 0 spiro atoms. The van der Waals surface area contributed by atoms with Gasteiger partial charge in [0.25, 0.3) is 0 Å². The Kier molecular flexibility index (Phi) is 5.98. The predicted octanol–water partition coefficient (Wildman–Crippen LogP) is 7.47. The summed E-state index contributed by atoms with van der Waals surface area (Å²) in [4.78, 5) is 0. The molecular weight excluding hydrogens is 340 g/mol. The Bertz CT molecular complexity index is 542. The summed E-state index contributed by atoms with van der Waals surface area (Å²) >= 11 is 0. The lowest BCUT2D eigenvalue weighted by Gasteiger charge is -2.61. The van der Waals surface area contributed by atoms with Gasteiger partial charge in [-0.1, -0.05) is 53.9 Å². The molecule has 0 saturated heterocycles. The molecule has 0 amide bonds. The Hall–Kier alpha value is -0.0400. The molecule has 1 N–H and O–H groups in total. The molecule has 0 aliphatic heterocycles. The third kappa shape index (κ3) is 3.40. The van der Waals surface area contributed by atoms with E-state index >= 15 is 0 Å². The van der Waals surface area contributed by atoms with Crippen LogP contribution in [0.15, 0.2) is 0 Å². The van der Waals surface area contributed by atoms with Gasteiger partial charge in [-0.15, -0.1) is 0 Å². The van der Waals surface area contributed by atoms with Crippen LogP contribution in [-0.4, -0.2) is 11.2 Å². The van der Waals surface area contributed by atoms with Gasteiger partial charge in [-0.2, -0.15) is 0 Å². The van der Waals surface area contributed by atoms with Crippen LogP contribution in [0.3, 0.4) is 0 Å². The lowest BCUT2D eigenvalue weighted by Crippen LogP contribution is -2.54. The summed E-state index contributed by atoms with van der Waals surface area (Å²) in [5.74, 6) is 6.52. The molecule has 4 saturated carbocycles. The van der Waals surface area contributed by atoms with Crippen molar-refractivity contribution in [1.29, 1.82) is 0 Å². The van der Waals surface area contributed by atoms with Gasteiger partial charge in [-0.25, -0.2) is 0 Å². The van der Waals surface area contributed by atoms with E-state index in [0.717, 1.165) is 54.3 Å². The lowest BCUT2D eigenvalue weighted by molar-refractivity contribution is -0.129. The number of rotatable bonds is 5. The predicted molar refractivity (Wildman–Crippen MR) is 119 cm³/mol. The molecule has 10 unspecified atom stereocenters. The average molecular weight is 389 g/mol. The lowest BCUT2D eigenvalue weighted by atomic mass is 9.44. The number of aliphatic hydroxyl groups is 1. The van der Waals surface area contributed by atoms with Crippen LogP contribution in [0.4, 0.5) is 0 Å². The van der Waals surface area contributed by atoms with Crippen molar-refractivity contribution < 1.29 is 5.11 Å². The first-order chi connectivity index (χ1) is 13.3. The molecule has 10 atom stereocenters. The van der Waals surface area contributed by atoms with E-state index in [1.165, 1.54) is 64.2 Å². The van der Waals surface area contributed by atoms with E-state index in [-0.39, 0.29) is 6.10 Å². The summed E-state index contributed by atoms with van der Waals surface area (Å²) in [6.45, 7) is 12.7. The second-order valence-corrected chi connectivity index (χ2v) is 12.4. The van der Waals surface area contributed by atoms with Crippen molar-refractivity contribution in [3.8, 4) is 0 Å². The summed E-state index contributed by atoms with van der Waals surface area (Å²) in [7, 11) is 0. The smallest absolute Gasteiger partial charge is 0.0543 e. The fraction of sp³-hybridized carbons (Fsp3) is 1.00. The number of hydrogen-bond acceptors (Lipinski definition) is 1. The molecule has 0 radical (unpaired) electrons. The molecule has 1 heteroatoms. The second kappa shape index (κ2) is 7.90. The Morgan fingerprint density at radius 2 is 1.57 bits per heavy atom. The first kappa shape index (κ1) is 21.2. The minimum Gasteiger partial charge on any atom is -0.393 e. The monoisotopic (exact) mass is 388 g/mol. The minimum absolute atomic E-state index is 0.00861. The average Bonchev–Trinajstić information content (AvgIpc) is 3.03. The molecule has 0 aromatic carbocycles. The zero-order valence-corrected chi connectivity index (χ0v) is 19.6. The highest BCUT2D eigenvalue weighted by Crippen LogP contribution is 2.68. The van der Waals surface area contributed by atoms with Crippen LogP contribution in [0.2, 0.25) is 0 Å². The molecule has 0 aromatic rings. The Morgan fingerprint density at radius 1 is 0.857 bits per heavy atom. The highest BCUT2D eigenvalue weighted by atomic mass is 16.3. The van der Waals surface area contributed by atoms with Crippen LogP contribution in [0.25, 0.3) is 0 Å². The van der Waals surface area contributed by atoms with Crippen LogP contribution >= 0.6 is 0 Å². The van der Waals surface area contributed by atoms with E-state index in [9.17, 15) is 5.11 Å². The van der Waals surface area contributed by atoms with Crippen LogP contribution in [0, 0.1) is 52.3 Å². The molecule has 1 nitrogen and oxygen atoms in total.